The topological polar surface area (TPSA) is 192 Å². The van der Waals surface area contributed by atoms with Gasteiger partial charge in [0.15, 0.2) is 23.2 Å². The van der Waals surface area contributed by atoms with Gasteiger partial charge < -0.3 is 20.0 Å². The summed E-state index contributed by atoms with van der Waals surface area (Å²) < 4.78 is 10.1. The molecule has 0 atom stereocenters. The molecule has 0 saturated heterocycles. The van der Waals surface area contributed by atoms with Crippen molar-refractivity contribution in [3.05, 3.63) is 281 Å². The number of allylic oxidation sites excluding steroid dienone is 6. The van der Waals surface area contributed by atoms with E-state index in [2.05, 4.69) is 25.9 Å². The van der Waals surface area contributed by atoms with Gasteiger partial charge in [0, 0.05) is 59.1 Å². The number of ether oxygens (including phenoxy) is 1. The van der Waals surface area contributed by atoms with Crippen molar-refractivity contribution < 1.29 is 69.9 Å². The van der Waals surface area contributed by atoms with E-state index in [-0.39, 0.29) is 108 Å². The molecule has 0 bridgehead atoms. The maximum Gasteiger partial charge on any atom is 2.00 e. The Morgan fingerprint density at radius 2 is 0.978 bits per heavy atom. The molecular weight excluding hydrogens is 1300 g/mol. The molecule has 0 spiro atoms. The van der Waals surface area contributed by atoms with Crippen molar-refractivity contribution in [1.82, 2.24) is 39.5 Å². The summed E-state index contributed by atoms with van der Waals surface area (Å²) in [6.07, 6.45) is 15.6. The van der Waals surface area contributed by atoms with Crippen molar-refractivity contribution in [2.75, 3.05) is 12.4 Å². The van der Waals surface area contributed by atoms with Gasteiger partial charge in [0.25, 0.3) is 0 Å². The Labute approximate surface area is 540 Å². The second kappa shape index (κ2) is 29.2. The number of aromatic nitrogens is 8. The SMILES string of the molecule is COc1cc(-c2nnnn2C)ccc1Nc1nc(C(=Cc2ccccc2)C(=O)C=Cc2ccccc2)c2c(C(=Cc3ccccc3)C(=O)C=Cc3ccccc3)c(-c3cnn(C)c3)n(C(=O)[O-])c2c1C(=Cc1ccccc1)C(=O)C=Cc1ccccc1.[Pd+2].[Pd+2]. The van der Waals surface area contributed by atoms with Crippen LogP contribution in [0.5, 0.6) is 5.75 Å². The number of nitrogens with one attached hydrogen (secondary N) is 1. The van der Waals surface area contributed by atoms with Crippen molar-refractivity contribution in [3.8, 4) is 28.4 Å². The number of benzene rings is 7. The molecule has 440 valence electrons. The molecule has 89 heavy (non-hydrogen) atoms. The van der Waals surface area contributed by atoms with Gasteiger partial charge in [-0.3, -0.25) is 23.6 Å². The summed E-state index contributed by atoms with van der Waals surface area (Å²) in [5.74, 6) is -1.06. The maximum atomic E-state index is 15.8. The molecule has 0 aliphatic heterocycles. The zero-order valence-corrected chi connectivity index (χ0v) is 51.2. The number of fused-ring (bicyclic) bond motifs is 1. The first-order valence-electron chi connectivity index (χ1n) is 27.7. The molecule has 11 aromatic rings. The monoisotopic (exact) mass is 1350 g/mol. The number of carboxylic acid groups (broad SMARTS) is 1. The Balaban J connectivity index is 0.00000470. The fourth-order valence-corrected chi connectivity index (χ4v) is 10.1. The molecule has 7 aromatic carbocycles. The van der Waals surface area contributed by atoms with Gasteiger partial charge in [-0.25, -0.2) is 9.67 Å². The van der Waals surface area contributed by atoms with E-state index in [1.807, 2.05) is 182 Å². The molecule has 0 aliphatic rings. The largest absolute Gasteiger partial charge is 2.00 e. The number of rotatable bonds is 20. The van der Waals surface area contributed by atoms with Crippen LogP contribution in [0.3, 0.4) is 0 Å². The number of hydrogen-bond acceptors (Lipinski definition) is 12. The summed E-state index contributed by atoms with van der Waals surface area (Å²) in [6, 6.07) is 60.4. The molecule has 0 fully saturated rings. The molecule has 1 N–H and O–H groups in total. The number of nitrogens with zero attached hydrogens (tertiary/aromatic N) is 8. The Kier molecular flexibility index (Phi) is 20.6. The van der Waals surface area contributed by atoms with E-state index in [0.717, 1.165) is 10.1 Å². The van der Waals surface area contributed by atoms with Crippen LogP contribution in [0.2, 0.25) is 0 Å². The maximum absolute atomic E-state index is 15.8. The number of anilines is 2. The third-order valence-corrected chi connectivity index (χ3v) is 14.2. The van der Waals surface area contributed by atoms with E-state index in [9.17, 15) is 0 Å². The summed E-state index contributed by atoms with van der Waals surface area (Å²) in [7, 11) is 4.87. The first kappa shape index (κ1) is 62.9. The van der Waals surface area contributed by atoms with Crippen LogP contribution in [-0.4, -0.2) is 70.1 Å². The zero-order valence-electron chi connectivity index (χ0n) is 48.1. The van der Waals surface area contributed by atoms with Gasteiger partial charge in [-0.2, -0.15) is 5.10 Å². The van der Waals surface area contributed by atoms with Gasteiger partial charge in [-0.1, -0.05) is 200 Å². The first-order chi connectivity index (χ1) is 42.5. The predicted octanol–water partition coefficient (Wildman–Crippen LogP) is 13.0. The van der Waals surface area contributed by atoms with Crippen molar-refractivity contribution in [2.24, 2.45) is 14.1 Å². The molecule has 0 saturated carbocycles. The number of methoxy groups -OCH3 is 1. The van der Waals surface area contributed by atoms with E-state index in [4.69, 9.17) is 9.72 Å². The van der Waals surface area contributed by atoms with Gasteiger partial charge in [-0.05, 0) is 98.5 Å². The van der Waals surface area contributed by atoms with Gasteiger partial charge >= 0.3 is 40.8 Å². The van der Waals surface area contributed by atoms with Crippen molar-refractivity contribution >= 4 is 99.0 Å². The Morgan fingerprint density at radius 1 is 0.539 bits per heavy atom. The average Bonchev–Trinajstić information content (AvgIpc) is 2.02. The predicted molar refractivity (Wildman–Crippen MR) is 341 cm³/mol. The van der Waals surface area contributed by atoms with E-state index in [1.165, 1.54) is 40.9 Å². The molecule has 0 aliphatic carbocycles. The molecule has 4 heterocycles. The molecule has 11 rings (SSSR count). The molecule has 0 unspecified atom stereocenters. The van der Waals surface area contributed by atoms with E-state index in [1.54, 1.807) is 74.9 Å². The summed E-state index contributed by atoms with van der Waals surface area (Å²) >= 11 is 0. The molecule has 0 radical (unpaired) electrons. The van der Waals surface area contributed by atoms with Gasteiger partial charge in [0.05, 0.1) is 41.5 Å². The Hall–Kier alpha value is -10.6. The van der Waals surface area contributed by atoms with Crippen LogP contribution < -0.4 is 15.2 Å². The number of ketones is 3. The fraction of sp³-hybridized carbons (Fsp3) is 0.0417. The van der Waals surface area contributed by atoms with Gasteiger partial charge in [0.1, 0.15) is 17.7 Å². The Morgan fingerprint density at radius 3 is 1.39 bits per heavy atom. The van der Waals surface area contributed by atoms with Crippen LogP contribution in [-0.2, 0) is 69.3 Å². The second-order valence-corrected chi connectivity index (χ2v) is 20.0. The summed E-state index contributed by atoms with van der Waals surface area (Å²) in [5.41, 5.74) is 4.60. The summed E-state index contributed by atoms with van der Waals surface area (Å²) in [6.45, 7) is 0. The number of carbonyl (C=O) groups is 4. The van der Waals surface area contributed by atoms with Crippen LogP contribution in [0.25, 0.3) is 86.7 Å². The van der Waals surface area contributed by atoms with Crippen LogP contribution in [0, 0.1) is 0 Å². The minimum Gasteiger partial charge on any atom is -0.529 e. The second-order valence-electron chi connectivity index (χ2n) is 20.0. The molecular formula is C72H54N9O6Pd2+3. The fourth-order valence-electron chi connectivity index (χ4n) is 10.1. The van der Waals surface area contributed by atoms with E-state index in [0.29, 0.717) is 44.9 Å². The normalized spacial score (nSPS) is 11.9. The quantitative estimate of drug-likeness (QED) is 0.0562. The standard InChI is InChI=1S/C72H55N9O6.2Pd/c1-79-47-55(46-73-79)68-64(56(42-51-28-16-7-17-29-51)60(82)39-34-48-22-10-4-11-23-48)66-67(58(44-53-32-20-9-21-33-53)62(84)41-36-50-26-14-6-15-27-50)75-70(74-59-38-37-54(45-63(59)87-3)71-76-77-78-80(71)2)65(69(66)81(68)72(85)86)57(43-52-30-18-8-19-31-52)61(83)40-35-49-24-12-5-13-25-49;;/h4-47H,1-3H3,(H,74,75)(H,85,86);;/q;2*+2/p-1. The van der Waals surface area contributed by atoms with Crippen LogP contribution in [0.1, 0.15) is 50.2 Å². The van der Waals surface area contributed by atoms with Gasteiger partial charge in [-0.15, -0.1) is 5.10 Å². The summed E-state index contributed by atoms with van der Waals surface area (Å²) in [5, 5.41) is 35.2. The molecule has 17 heteroatoms. The van der Waals surface area contributed by atoms with Gasteiger partial charge in [0.2, 0.25) is 0 Å². The number of hydrogen-bond donors (Lipinski definition) is 1. The number of tetrazole rings is 1. The minimum atomic E-state index is -1.75. The average molecular weight is 1350 g/mol. The Bertz CT molecular complexity index is 4560. The molecule has 0 amide bonds. The number of pyridine rings is 1. The third kappa shape index (κ3) is 14.4. The minimum absolute atomic E-state index is 0. The van der Waals surface area contributed by atoms with Crippen molar-refractivity contribution in [2.45, 2.75) is 0 Å². The zero-order chi connectivity index (χ0) is 60.2. The van der Waals surface area contributed by atoms with Crippen LogP contribution in [0.15, 0.2) is 231 Å². The third-order valence-electron chi connectivity index (χ3n) is 14.2. The van der Waals surface area contributed by atoms with E-state index < -0.39 is 23.4 Å². The summed E-state index contributed by atoms with van der Waals surface area (Å²) in [4.78, 5) is 68.1. The molecule has 4 aromatic heterocycles. The van der Waals surface area contributed by atoms with Crippen LogP contribution >= 0.6 is 0 Å². The van der Waals surface area contributed by atoms with Crippen molar-refractivity contribution in [3.63, 3.8) is 0 Å². The van der Waals surface area contributed by atoms with Crippen LogP contribution in [0.4, 0.5) is 16.3 Å². The van der Waals surface area contributed by atoms with Crippen molar-refractivity contribution in [1.29, 1.82) is 0 Å². The number of carbonyl (C=O) groups excluding carboxylic acids is 4. The van der Waals surface area contributed by atoms with E-state index >= 15 is 24.3 Å². The smallest absolute Gasteiger partial charge is 0.529 e. The number of aryl methyl sites for hydroxylation is 2. The molecule has 15 nitrogen and oxygen atoms in total. The first-order valence-corrected chi connectivity index (χ1v) is 27.7.